The van der Waals surface area contributed by atoms with E-state index in [9.17, 15) is 19.2 Å². The highest BCUT2D eigenvalue weighted by atomic mass is 16.5. The van der Waals surface area contributed by atoms with Gasteiger partial charge in [-0.2, -0.15) is 0 Å². The zero-order chi connectivity index (χ0) is 22.1. The van der Waals surface area contributed by atoms with Crippen molar-refractivity contribution in [1.29, 1.82) is 0 Å². The Kier molecular flexibility index (Phi) is 14.7. The number of Topliss-reactive ketones (excluding diaryl/α,β-unsaturated/α-hetero) is 1. The Labute approximate surface area is 168 Å². The fourth-order valence-electron chi connectivity index (χ4n) is 2.10. The second kappa shape index (κ2) is 15.8. The quantitative estimate of drug-likeness (QED) is 0.233. The molecule has 0 aromatic heterocycles. The third-order valence-electron chi connectivity index (χ3n) is 3.61. The van der Waals surface area contributed by atoms with Crippen molar-refractivity contribution in [3.8, 4) is 0 Å². The van der Waals surface area contributed by atoms with Crippen molar-refractivity contribution in [3.05, 3.63) is 0 Å². The Bertz CT molecular complexity index is 424. The third kappa shape index (κ3) is 16.6. The summed E-state index contributed by atoms with van der Waals surface area (Å²) in [4.78, 5) is 43.0. The minimum Gasteiger partial charge on any atom is -0.481 e. The van der Waals surface area contributed by atoms with Crippen LogP contribution in [0.4, 0.5) is 0 Å². The molecule has 0 aromatic rings. The molecule has 0 unspecified atom stereocenters. The number of hydrogen-bond donors (Lipinski definition) is 3. The van der Waals surface area contributed by atoms with Gasteiger partial charge in [0, 0.05) is 6.42 Å². The van der Waals surface area contributed by atoms with Gasteiger partial charge in [-0.05, 0) is 6.92 Å². The average molecular weight is 422 g/mol. The summed E-state index contributed by atoms with van der Waals surface area (Å²) in [6.45, 7) is 1.39. The summed E-state index contributed by atoms with van der Waals surface area (Å²) >= 11 is 0. The number of rotatable bonds is 20. The smallest absolute Gasteiger partial charge is 0.305 e. The number of hydrogen-bond acceptors (Lipinski definition) is 8. The van der Waals surface area contributed by atoms with E-state index in [-0.39, 0.29) is 84.3 Å². The van der Waals surface area contributed by atoms with Gasteiger partial charge in [0.05, 0.1) is 77.5 Å². The minimum atomic E-state index is -1.02. The number of carboxylic acid groups (broad SMARTS) is 3. The normalized spacial score (nSPS) is 11.3. The van der Waals surface area contributed by atoms with Crippen molar-refractivity contribution >= 4 is 23.7 Å². The first kappa shape index (κ1) is 26.9. The highest BCUT2D eigenvalue weighted by Gasteiger charge is 2.33. The molecule has 11 heteroatoms. The Morgan fingerprint density at radius 3 is 1.10 bits per heavy atom. The summed E-state index contributed by atoms with van der Waals surface area (Å²) in [5, 5.41) is 26.2. The topological polar surface area (TPSA) is 166 Å². The maximum absolute atomic E-state index is 11.1. The van der Waals surface area contributed by atoms with Crippen molar-refractivity contribution in [1.82, 2.24) is 0 Å². The number of carbonyl (C=O) groups is 4. The molecule has 0 atom stereocenters. The molecule has 0 aliphatic heterocycles. The fourth-order valence-corrected chi connectivity index (χ4v) is 2.10. The lowest BCUT2D eigenvalue weighted by Gasteiger charge is -2.33. The molecule has 29 heavy (non-hydrogen) atoms. The van der Waals surface area contributed by atoms with Crippen LogP contribution >= 0.6 is 0 Å². The second-order valence-electron chi connectivity index (χ2n) is 6.59. The summed E-state index contributed by atoms with van der Waals surface area (Å²) in [5.74, 6) is -3.13. The lowest BCUT2D eigenvalue weighted by molar-refractivity contribution is -0.141. The average Bonchev–Trinajstić information content (AvgIpc) is 2.62. The highest BCUT2D eigenvalue weighted by molar-refractivity contribution is 5.75. The van der Waals surface area contributed by atoms with Crippen LogP contribution in [-0.2, 0) is 38.1 Å². The first-order chi connectivity index (χ1) is 13.7. The number of ketones is 1. The first-order valence-corrected chi connectivity index (χ1v) is 9.13. The first-order valence-electron chi connectivity index (χ1n) is 9.13. The molecule has 0 bridgehead atoms. The van der Waals surface area contributed by atoms with Gasteiger partial charge in [0.2, 0.25) is 0 Å². The van der Waals surface area contributed by atoms with Crippen molar-refractivity contribution in [3.63, 3.8) is 0 Å². The van der Waals surface area contributed by atoms with E-state index in [1.165, 1.54) is 6.92 Å². The van der Waals surface area contributed by atoms with Crippen LogP contribution in [0.25, 0.3) is 0 Å². The van der Waals surface area contributed by atoms with E-state index in [0.717, 1.165) is 0 Å². The summed E-state index contributed by atoms with van der Waals surface area (Å²) < 4.78 is 21.8. The van der Waals surface area contributed by atoms with E-state index in [1.807, 2.05) is 0 Å². The van der Waals surface area contributed by atoms with Crippen LogP contribution < -0.4 is 0 Å². The number of carboxylic acids is 3. The summed E-state index contributed by atoms with van der Waals surface area (Å²) in [5.41, 5.74) is -0.924. The Hall–Kier alpha value is -2.08. The SMILES string of the molecule is CC(=O)CCOCC(COCCC(=O)O)(COCCC(=O)O)COCCC(=O)O. The lowest BCUT2D eigenvalue weighted by atomic mass is 9.92. The van der Waals surface area contributed by atoms with Crippen molar-refractivity contribution in [2.24, 2.45) is 5.41 Å². The van der Waals surface area contributed by atoms with E-state index in [2.05, 4.69) is 0 Å². The Balaban J connectivity index is 4.94. The van der Waals surface area contributed by atoms with Crippen molar-refractivity contribution in [2.75, 3.05) is 52.9 Å². The molecule has 0 aliphatic rings. The predicted octanol–water partition coefficient (Wildman–Crippen LogP) is 0.442. The van der Waals surface area contributed by atoms with Gasteiger partial charge in [0.25, 0.3) is 0 Å². The van der Waals surface area contributed by atoms with Gasteiger partial charge in [0.15, 0.2) is 0 Å². The van der Waals surface area contributed by atoms with Gasteiger partial charge >= 0.3 is 17.9 Å². The standard InChI is InChI=1S/C18H30O11/c1-14(19)2-6-26-10-18(11-27-7-3-15(20)21,12-28-8-4-16(22)23)13-29-9-5-17(24)25/h2-13H2,1H3,(H,20,21)(H,22,23)(H,24,25). The van der Waals surface area contributed by atoms with E-state index >= 15 is 0 Å². The molecular weight excluding hydrogens is 392 g/mol. The molecule has 0 saturated heterocycles. The molecular formula is C18H30O11. The molecule has 0 spiro atoms. The minimum absolute atomic E-state index is 0.0134. The summed E-state index contributed by atoms with van der Waals surface area (Å²) in [7, 11) is 0. The van der Waals surface area contributed by atoms with Crippen LogP contribution in [-0.4, -0.2) is 91.9 Å². The zero-order valence-corrected chi connectivity index (χ0v) is 16.6. The van der Waals surface area contributed by atoms with Crippen LogP contribution in [0.3, 0.4) is 0 Å². The van der Waals surface area contributed by atoms with Gasteiger partial charge in [-0.15, -0.1) is 0 Å². The molecule has 0 heterocycles. The Morgan fingerprint density at radius 2 is 0.862 bits per heavy atom. The van der Waals surface area contributed by atoms with Crippen molar-refractivity contribution in [2.45, 2.75) is 32.6 Å². The number of carbonyl (C=O) groups excluding carboxylic acids is 1. The molecule has 3 N–H and O–H groups in total. The number of aliphatic carboxylic acids is 3. The highest BCUT2D eigenvalue weighted by Crippen LogP contribution is 2.21. The van der Waals surface area contributed by atoms with Gasteiger partial charge in [0.1, 0.15) is 5.78 Å². The second-order valence-corrected chi connectivity index (χ2v) is 6.59. The molecule has 0 aliphatic carbocycles. The van der Waals surface area contributed by atoms with Crippen LogP contribution in [0.1, 0.15) is 32.6 Å². The Morgan fingerprint density at radius 1 is 0.586 bits per heavy atom. The monoisotopic (exact) mass is 422 g/mol. The van der Waals surface area contributed by atoms with Crippen LogP contribution in [0.2, 0.25) is 0 Å². The van der Waals surface area contributed by atoms with Crippen LogP contribution in [0.15, 0.2) is 0 Å². The molecule has 0 rings (SSSR count). The van der Waals surface area contributed by atoms with Gasteiger partial charge in [-0.25, -0.2) is 0 Å². The number of ether oxygens (including phenoxy) is 4. The summed E-state index contributed by atoms with van der Waals surface area (Å²) in [6, 6.07) is 0. The third-order valence-corrected chi connectivity index (χ3v) is 3.61. The molecule has 168 valence electrons. The van der Waals surface area contributed by atoms with E-state index in [4.69, 9.17) is 34.3 Å². The molecule has 0 amide bonds. The van der Waals surface area contributed by atoms with Gasteiger partial charge < -0.3 is 34.3 Å². The van der Waals surface area contributed by atoms with Gasteiger partial charge in [-0.1, -0.05) is 0 Å². The largest absolute Gasteiger partial charge is 0.481 e. The van der Waals surface area contributed by atoms with Gasteiger partial charge in [-0.3, -0.25) is 19.2 Å². The maximum Gasteiger partial charge on any atom is 0.305 e. The van der Waals surface area contributed by atoms with E-state index in [1.54, 1.807) is 0 Å². The molecule has 11 nitrogen and oxygen atoms in total. The maximum atomic E-state index is 11.1. The van der Waals surface area contributed by atoms with E-state index in [0.29, 0.717) is 0 Å². The molecule has 0 aromatic carbocycles. The van der Waals surface area contributed by atoms with Crippen molar-refractivity contribution < 1.29 is 53.4 Å². The predicted molar refractivity (Wildman–Crippen MR) is 97.8 cm³/mol. The molecule has 0 fully saturated rings. The van der Waals surface area contributed by atoms with E-state index < -0.39 is 23.3 Å². The molecule has 0 saturated carbocycles. The lowest BCUT2D eigenvalue weighted by Crippen LogP contribution is -2.42. The van der Waals surface area contributed by atoms with Crippen LogP contribution in [0.5, 0.6) is 0 Å². The zero-order valence-electron chi connectivity index (χ0n) is 16.6. The molecule has 0 radical (unpaired) electrons. The van der Waals surface area contributed by atoms with Crippen LogP contribution in [0, 0.1) is 5.41 Å². The fraction of sp³-hybridized carbons (Fsp3) is 0.778. The summed E-state index contributed by atoms with van der Waals surface area (Å²) in [6.07, 6.45) is -0.418.